The largest absolute Gasteiger partial charge is 0.481 e. The van der Waals surface area contributed by atoms with Crippen molar-refractivity contribution in [1.29, 1.82) is 0 Å². The highest BCUT2D eigenvalue weighted by Gasteiger charge is 2.26. The number of aryl methyl sites for hydroxylation is 1. The first-order valence-corrected chi connectivity index (χ1v) is 10.1. The number of benzene rings is 1. The van der Waals surface area contributed by atoms with Crippen molar-refractivity contribution in [3.05, 3.63) is 39.7 Å². The van der Waals surface area contributed by atoms with Crippen LogP contribution in [0.3, 0.4) is 0 Å². The van der Waals surface area contributed by atoms with Crippen LogP contribution in [0.25, 0.3) is 11.0 Å². The number of ether oxygens (including phenoxy) is 2. The van der Waals surface area contributed by atoms with Crippen LogP contribution < -0.4 is 10.4 Å². The lowest BCUT2D eigenvalue weighted by Crippen LogP contribution is -2.43. The van der Waals surface area contributed by atoms with Crippen molar-refractivity contribution in [2.45, 2.75) is 33.3 Å². The van der Waals surface area contributed by atoms with Crippen LogP contribution in [0.2, 0.25) is 0 Å². The Balaban J connectivity index is 1.67. The van der Waals surface area contributed by atoms with Crippen molar-refractivity contribution in [2.75, 3.05) is 39.9 Å². The standard InChI is InChI=1S/C22H28N2O6/c1-14-15(2)22(27)30-19-12-17(6-7-18(14)19)29-16(3)21(26)24-9-5-8-23(10-11-24)20(25)13-28-4/h6-7,12,16H,5,8-11,13H2,1-4H3. The maximum Gasteiger partial charge on any atom is 0.339 e. The monoisotopic (exact) mass is 416 g/mol. The Bertz CT molecular complexity index is 999. The lowest BCUT2D eigenvalue weighted by molar-refractivity contribution is -0.139. The maximum absolute atomic E-state index is 12.9. The number of carbonyl (C=O) groups excluding carboxylic acids is 2. The van der Waals surface area contributed by atoms with Crippen LogP contribution >= 0.6 is 0 Å². The molecule has 0 spiro atoms. The first kappa shape index (κ1) is 21.8. The minimum absolute atomic E-state index is 0.0462. The first-order valence-electron chi connectivity index (χ1n) is 10.1. The second-order valence-corrected chi connectivity index (χ2v) is 7.55. The van der Waals surface area contributed by atoms with E-state index >= 15 is 0 Å². The third-order valence-corrected chi connectivity index (χ3v) is 5.52. The molecule has 30 heavy (non-hydrogen) atoms. The van der Waals surface area contributed by atoms with Gasteiger partial charge in [0.2, 0.25) is 5.91 Å². The summed E-state index contributed by atoms with van der Waals surface area (Å²) in [6.07, 6.45) is -0.00448. The van der Waals surface area contributed by atoms with Gasteiger partial charge in [0.15, 0.2) is 6.10 Å². The molecule has 1 aromatic heterocycles. The highest BCUT2D eigenvalue weighted by Crippen LogP contribution is 2.24. The predicted octanol–water partition coefficient (Wildman–Crippen LogP) is 1.88. The number of hydrogen-bond acceptors (Lipinski definition) is 6. The normalized spacial score (nSPS) is 15.7. The van der Waals surface area contributed by atoms with E-state index in [0.717, 1.165) is 10.9 Å². The third-order valence-electron chi connectivity index (χ3n) is 5.52. The van der Waals surface area contributed by atoms with Crippen molar-refractivity contribution < 1.29 is 23.5 Å². The van der Waals surface area contributed by atoms with Crippen LogP contribution in [0.15, 0.2) is 27.4 Å². The summed E-state index contributed by atoms with van der Waals surface area (Å²) in [7, 11) is 1.49. The van der Waals surface area contributed by atoms with Crippen LogP contribution in [0.5, 0.6) is 5.75 Å². The fraction of sp³-hybridized carbons (Fsp3) is 0.500. The van der Waals surface area contributed by atoms with Gasteiger partial charge in [0.05, 0.1) is 0 Å². The van der Waals surface area contributed by atoms with Gasteiger partial charge in [-0.3, -0.25) is 9.59 Å². The predicted molar refractivity (Wildman–Crippen MR) is 112 cm³/mol. The Morgan fingerprint density at radius 1 is 1.10 bits per heavy atom. The van der Waals surface area contributed by atoms with Crippen LogP contribution in [0.1, 0.15) is 24.5 Å². The molecule has 0 N–H and O–H groups in total. The molecular formula is C22H28N2O6. The molecule has 0 bridgehead atoms. The molecule has 8 heteroatoms. The van der Waals surface area contributed by atoms with E-state index in [1.165, 1.54) is 7.11 Å². The quantitative estimate of drug-likeness (QED) is 0.692. The number of carbonyl (C=O) groups is 2. The third kappa shape index (κ3) is 4.64. The second kappa shape index (κ2) is 9.30. The number of fused-ring (bicyclic) bond motifs is 1. The minimum atomic E-state index is -0.707. The van der Waals surface area contributed by atoms with Crippen molar-refractivity contribution in [3.8, 4) is 5.75 Å². The Labute approximate surface area is 175 Å². The molecule has 0 radical (unpaired) electrons. The molecule has 1 saturated heterocycles. The first-order chi connectivity index (χ1) is 14.3. The fourth-order valence-corrected chi connectivity index (χ4v) is 3.62. The zero-order valence-corrected chi connectivity index (χ0v) is 17.9. The van der Waals surface area contributed by atoms with Gasteiger partial charge in [0.1, 0.15) is 17.9 Å². The Hall–Kier alpha value is -2.87. The molecule has 8 nitrogen and oxygen atoms in total. The highest BCUT2D eigenvalue weighted by atomic mass is 16.5. The molecule has 2 heterocycles. The van der Waals surface area contributed by atoms with Crippen LogP contribution in [0.4, 0.5) is 0 Å². The molecule has 1 aromatic carbocycles. The van der Waals surface area contributed by atoms with Crippen LogP contribution in [-0.2, 0) is 14.3 Å². The summed E-state index contributed by atoms with van der Waals surface area (Å²) in [5.41, 5.74) is 1.51. The molecule has 1 unspecified atom stereocenters. The lowest BCUT2D eigenvalue weighted by atomic mass is 10.1. The smallest absolute Gasteiger partial charge is 0.339 e. The van der Waals surface area contributed by atoms with E-state index in [0.29, 0.717) is 49.5 Å². The van der Waals surface area contributed by atoms with Gasteiger partial charge in [-0.2, -0.15) is 0 Å². The van der Waals surface area contributed by atoms with E-state index in [4.69, 9.17) is 13.9 Å². The number of nitrogens with zero attached hydrogens (tertiary/aromatic N) is 2. The summed E-state index contributed by atoms with van der Waals surface area (Å²) in [5, 5.41) is 0.840. The van der Waals surface area contributed by atoms with Crippen LogP contribution in [0, 0.1) is 13.8 Å². The molecule has 1 fully saturated rings. The van der Waals surface area contributed by atoms with E-state index in [9.17, 15) is 14.4 Å². The Morgan fingerprint density at radius 3 is 2.53 bits per heavy atom. The van der Waals surface area contributed by atoms with E-state index < -0.39 is 6.10 Å². The van der Waals surface area contributed by atoms with E-state index in [1.807, 2.05) is 13.0 Å². The maximum atomic E-state index is 12.9. The van der Waals surface area contributed by atoms with Gasteiger partial charge in [-0.1, -0.05) is 0 Å². The van der Waals surface area contributed by atoms with Crippen LogP contribution in [-0.4, -0.2) is 67.6 Å². The fourth-order valence-electron chi connectivity index (χ4n) is 3.62. The highest BCUT2D eigenvalue weighted by molar-refractivity contribution is 5.83. The van der Waals surface area contributed by atoms with Gasteiger partial charge < -0.3 is 23.7 Å². The summed E-state index contributed by atoms with van der Waals surface area (Å²) >= 11 is 0. The van der Waals surface area contributed by atoms with Crippen molar-refractivity contribution in [1.82, 2.24) is 9.80 Å². The SMILES string of the molecule is COCC(=O)N1CCCN(C(=O)C(C)Oc2ccc3c(C)c(C)c(=O)oc3c2)CC1. The molecule has 1 atom stereocenters. The topological polar surface area (TPSA) is 89.3 Å². The van der Waals surface area contributed by atoms with E-state index in [-0.39, 0.29) is 24.0 Å². The number of rotatable bonds is 5. The zero-order chi connectivity index (χ0) is 21.8. The molecule has 0 aliphatic carbocycles. The summed E-state index contributed by atoms with van der Waals surface area (Å²) < 4.78 is 16.1. The van der Waals surface area contributed by atoms with Crippen molar-refractivity contribution >= 4 is 22.8 Å². The molecule has 1 aliphatic rings. The zero-order valence-electron chi connectivity index (χ0n) is 17.9. The summed E-state index contributed by atoms with van der Waals surface area (Å²) in [6.45, 7) is 7.44. The average Bonchev–Trinajstić information content (AvgIpc) is 2.98. The minimum Gasteiger partial charge on any atom is -0.481 e. The van der Waals surface area contributed by atoms with E-state index in [2.05, 4.69) is 0 Å². The van der Waals surface area contributed by atoms with Gasteiger partial charge in [0.25, 0.3) is 5.91 Å². The van der Waals surface area contributed by atoms with Gasteiger partial charge in [-0.05, 0) is 44.9 Å². The molecule has 2 aromatic rings. The Kier molecular flexibility index (Phi) is 6.77. The molecule has 0 saturated carbocycles. The number of methoxy groups -OCH3 is 1. The lowest BCUT2D eigenvalue weighted by Gasteiger charge is -2.25. The van der Waals surface area contributed by atoms with Gasteiger partial charge in [0, 0.05) is 50.3 Å². The molecule has 1 aliphatic heterocycles. The average molecular weight is 416 g/mol. The van der Waals surface area contributed by atoms with Crippen molar-refractivity contribution in [3.63, 3.8) is 0 Å². The molecular weight excluding hydrogens is 388 g/mol. The van der Waals surface area contributed by atoms with Crippen molar-refractivity contribution in [2.24, 2.45) is 0 Å². The number of hydrogen-bond donors (Lipinski definition) is 0. The summed E-state index contributed by atoms with van der Waals surface area (Å²) in [5.74, 6) is 0.249. The molecule has 2 amide bonds. The summed E-state index contributed by atoms with van der Waals surface area (Å²) in [6, 6.07) is 5.24. The Morgan fingerprint density at radius 2 is 1.80 bits per heavy atom. The number of amides is 2. The summed E-state index contributed by atoms with van der Waals surface area (Å²) in [4.78, 5) is 40.3. The van der Waals surface area contributed by atoms with Gasteiger partial charge in [-0.15, -0.1) is 0 Å². The van der Waals surface area contributed by atoms with Gasteiger partial charge >= 0.3 is 5.63 Å². The van der Waals surface area contributed by atoms with Gasteiger partial charge in [-0.25, -0.2) is 4.79 Å². The molecule has 162 valence electrons. The second-order valence-electron chi connectivity index (χ2n) is 7.55. The molecule has 3 rings (SSSR count). The van der Waals surface area contributed by atoms with E-state index in [1.54, 1.807) is 35.8 Å².